The van der Waals surface area contributed by atoms with Gasteiger partial charge in [-0.25, -0.2) is 0 Å². The van der Waals surface area contributed by atoms with E-state index in [0.29, 0.717) is 5.92 Å². The molecule has 1 atom stereocenters. The Morgan fingerprint density at radius 1 is 1.23 bits per heavy atom. The molecule has 0 aromatic carbocycles. The third-order valence-electron chi connectivity index (χ3n) is 3.04. The van der Waals surface area contributed by atoms with E-state index in [2.05, 4.69) is 36.8 Å². The van der Waals surface area contributed by atoms with Crippen molar-refractivity contribution in [2.45, 2.75) is 19.3 Å². The first kappa shape index (κ1) is 7.37. The lowest BCUT2D eigenvalue weighted by molar-refractivity contribution is 0.776. The van der Waals surface area contributed by atoms with Gasteiger partial charge in [-0.05, 0) is 19.3 Å². The molecule has 0 bridgehead atoms. The zero-order valence-electron chi connectivity index (χ0n) is 7.59. The van der Waals surface area contributed by atoms with Gasteiger partial charge < -0.3 is 0 Å². The van der Waals surface area contributed by atoms with Crippen LogP contribution in [0.15, 0.2) is 47.1 Å². The van der Waals surface area contributed by atoms with Gasteiger partial charge in [0, 0.05) is 12.3 Å². The van der Waals surface area contributed by atoms with Gasteiger partial charge in [0.25, 0.3) is 0 Å². The molecular formula is C13H12. The number of hydrogen-bond donors (Lipinski definition) is 0. The van der Waals surface area contributed by atoms with Gasteiger partial charge in [0.1, 0.15) is 0 Å². The Kier molecular flexibility index (Phi) is 1.55. The van der Waals surface area contributed by atoms with Crippen LogP contribution in [0.2, 0.25) is 0 Å². The fraction of sp³-hybridized carbons (Fsp3) is 0.308. The average molecular weight is 168 g/mol. The molecule has 0 fully saturated rings. The number of rotatable bonds is 0. The summed E-state index contributed by atoms with van der Waals surface area (Å²) in [6.45, 7) is 0. The second-order valence-electron chi connectivity index (χ2n) is 3.89. The lowest BCUT2D eigenvalue weighted by atomic mass is 9.78. The quantitative estimate of drug-likeness (QED) is 0.487. The monoisotopic (exact) mass is 168 g/mol. The maximum absolute atomic E-state index is 3.59. The zero-order chi connectivity index (χ0) is 8.67. The molecule has 0 aromatic rings. The van der Waals surface area contributed by atoms with E-state index in [0.717, 1.165) is 12.8 Å². The summed E-state index contributed by atoms with van der Waals surface area (Å²) in [7, 11) is 0. The van der Waals surface area contributed by atoms with Gasteiger partial charge in [-0.1, -0.05) is 47.1 Å². The minimum Gasteiger partial charge on any atom is -0.0841 e. The first-order valence-corrected chi connectivity index (χ1v) is 4.93. The fourth-order valence-electron chi connectivity index (χ4n) is 2.30. The van der Waals surface area contributed by atoms with Crippen molar-refractivity contribution in [2.75, 3.05) is 0 Å². The van der Waals surface area contributed by atoms with Crippen LogP contribution in [-0.4, -0.2) is 0 Å². The van der Waals surface area contributed by atoms with E-state index in [1.807, 2.05) is 0 Å². The third kappa shape index (κ3) is 1.13. The van der Waals surface area contributed by atoms with Crippen LogP contribution in [0, 0.1) is 12.3 Å². The summed E-state index contributed by atoms with van der Waals surface area (Å²) in [6, 6.07) is 0. The maximum Gasteiger partial charge on any atom is 0.0241 e. The largest absolute Gasteiger partial charge is 0.0841 e. The van der Waals surface area contributed by atoms with Crippen molar-refractivity contribution in [3.05, 3.63) is 53.5 Å². The second kappa shape index (κ2) is 2.73. The topological polar surface area (TPSA) is 0 Å². The first-order chi connectivity index (χ1) is 6.43. The molecule has 0 spiro atoms. The Morgan fingerprint density at radius 2 is 2.15 bits per heavy atom. The minimum absolute atomic E-state index is 0.505. The molecule has 0 aliphatic heterocycles. The molecule has 0 heterocycles. The van der Waals surface area contributed by atoms with E-state index in [4.69, 9.17) is 0 Å². The SMILES string of the molecule is [C]1C2=C(CC=CC2)CC2=CC=CC12. The van der Waals surface area contributed by atoms with Gasteiger partial charge in [-0.3, -0.25) is 0 Å². The highest BCUT2D eigenvalue weighted by Gasteiger charge is 2.25. The van der Waals surface area contributed by atoms with Crippen LogP contribution in [0.25, 0.3) is 0 Å². The Bertz CT molecular complexity index is 350. The van der Waals surface area contributed by atoms with E-state index in [1.165, 1.54) is 17.6 Å². The third-order valence-corrected chi connectivity index (χ3v) is 3.04. The van der Waals surface area contributed by atoms with Crippen LogP contribution in [0.4, 0.5) is 0 Å². The Labute approximate surface area is 79.3 Å². The summed E-state index contributed by atoms with van der Waals surface area (Å²) in [5, 5.41) is 0. The Hall–Kier alpha value is -1.04. The molecule has 0 heteroatoms. The maximum atomic E-state index is 3.59. The smallest absolute Gasteiger partial charge is 0.0241 e. The lowest BCUT2D eigenvalue weighted by Crippen LogP contribution is -2.12. The molecule has 1 unspecified atom stereocenters. The van der Waals surface area contributed by atoms with Crippen molar-refractivity contribution in [3.63, 3.8) is 0 Å². The average Bonchev–Trinajstić information content (AvgIpc) is 2.61. The van der Waals surface area contributed by atoms with Crippen LogP contribution in [0.1, 0.15) is 19.3 Å². The molecule has 2 radical (unpaired) electrons. The predicted molar refractivity (Wildman–Crippen MR) is 54.0 cm³/mol. The molecule has 0 aromatic heterocycles. The number of hydrogen-bond acceptors (Lipinski definition) is 0. The second-order valence-corrected chi connectivity index (χ2v) is 3.89. The highest BCUT2D eigenvalue weighted by atomic mass is 14.3. The fourth-order valence-corrected chi connectivity index (χ4v) is 2.30. The van der Waals surface area contributed by atoms with E-state index in [9.17, 15) is 0 Å². The van der Waals surface area contributed by atoms with Gasteiger partial charge in [-0.2, -0.15) is 0 Å². The molecule has 0 nitrogen and oxygen atoms in total. The van der Waals surface area contributed by atoms with Gasteiger partial charge in [0.2, 0.25) is 0 Å². The van der Waals surface area contributed by atoms with Gasteiger partial charge >= 0.3 is 0 Å². The summed E-state index contributed by atoms with van der Waals surface area (Å²) < 4.78 is 0. The molecule has 0 saturated carbocycles. The van der Waals surface area contributed by atoms with Crippen molar-refractivity contribution in [1.82, 2.24) is 0 Å². The van der Waals surface area contributed by atoms with Crippen LogP contribution in [0.3, 0.4) is 0 Å². The predicted octanol–water partition coefficient (Wildman–Crippen LogP) is 3.23. The van der Waals surface area contributed by atoms with E-state index < -0.39 is 0 Å². The lowest BCUT2D eigenvalue weighted by Gasteiger charge is -2.26. The summed E-state index contributed by atoms with van der Waals surface area (Å²) in [6.07, 6.45) is 18.2. The Morgan fingerprint density at radius 3 is 3.15 bits per heavy atom. The molecule has 3 aliphatic carbocycles. The molecule has 13 heavy (non-hydrogen) atoms. The molecular weight excluding hydrogens is 156 g/mol. The molecule has 64 valence electrons. The molecule has 0 amide bonds. The van der Waals surface area contributed by atoms with Gasteiger partial charge in [0.15, 0.2) is 0 Å². The number of allylic oxidation sites excluding steroid dienone is 8. The first-order valence-electron chi connectivity index (χ1n) is 4.93. The number of fused-ring (bicyclic) bond motifs is 1. The van der Waals surface area contributed by atoms with Crippen molar-refractivity contribution in [1.29, 1.82) is 0 Å². The van der Waals surface area contributed by atoms with Crippen LogP contribution >= 0.6 is 0 Å². The Balaban J connectivity index is 1.93. The van der Waals surface area contributed by atoms with Gasteiger partial charge in [0.05, 0.1) is 0 Å². The van der Waals surface area contributed by atoms with Crippen molar-refractivity contribution < 1.29 is 0 Å². The normalized spacial score (nSPS) is 30.2. The summed E-state index contributed by atoms with van der Waals surface area (Å²) in [5.41, 5.74) is 4.60. The van der Waals surface area contributed by atoms with E-state index in [-0.39, 0.29) is 0 Å². The standard InChI is InChI=1S/C13H12/c1-2-5-11-9-13-7-3-6-12(13)8-10(11)4-1/h1-3,6-7,13H,4-5,8H2. The highest BCUT2D eigenvalue weighted by Crippen LogP contribution is 2.40. The molecule has 3 aliphatic rings. The summed E-state index contributed by atoms with van der Waals surface area (Å²) in [5.74, 6) is 0.505. The summed E-state index contributed by atoms with van der Waals surface area (Å²) in [4.78, 5) is 0. The summed E-state index contributed by atoms with van der Waals surface area (Å²) >= 11 is 0. The van der Waals surface area contributed by atoms with Crippen molar-refractivity contribution in [2.24, 2.45) is 5.92 Å². The van der Waals surface area contributed by atoms with E-state index >= 15 is 0 Å². The minimum atomic E-state index is 0.505. The van der Waals surface area contributed by atoms with Crippen LogP contribution in [-0.2, 0) is 0 Å². The molecule has 0 N–H and O–H groups in total. The molecule has 0 saturated heterocycles. The van der Waals surface area contributed by atoms with Crippen LogP contribution < -0.4 is 0 Å². The van der Waals surface area contributed by atoms with Gasteiger partial charge in [-0.15, -0.1) is 0 Å². The molecule has 3 rings (SSSR count). The van der Waals surface area contributed by atoms with Crippen molar-refractivity contribution in [3.8, 4) is 0 Å². The highest BCUT2D eigenvalue weighted by molar-refractivity contribution is 5.46. The van der Waals surface area contributed by atoms with Crippen molar-refractivity contribution >= 4 is 0 Å². The van der Waals surface area contributed by atoms with Crippen LogP contribution in [0.5, 0.6) is 0 Å². The zero-order valence-corrected chi connectivity index (χ0v) is 7.59. The van der Waals surface area contributed by atoms with E-state index in [1.54, 1.807) is 5.57 Å².